The number of rotatable bonds is 6. The highest BCUT2D eigenvalue weighted by atomic mass is 79.9. The van der Waals surface area contributed by atoms with Gasteiger partial charge in [0.15, 0.2) is 0 Å². The van der Waals surface area contributed by atoms with Crippen molar-refractivity contribution in [1.29, 1.82) is 0 Å². The molecule has 1 atom stereocenters. The second kappa shape index (κ2) is 7.83. The predicted molar refractivity (Wildman–Crippen MR) is 92.3 cm³/mol. The summed E-state index contributed by atoms with van der Waals surface area (Å²) >= 11 is 9.51. The van der Waals surface area contributed by atoms with Crippen molar-refractivity contribution in [2.24, 2.45) is 0 Å². The van der Waals surface area contributed by atoms with E-state index in [0.717, 1.165) is 28.2 Å². The highest BCUT2D eigenvalue weighted by Gasteiger charge is 2.12. The van der Waals surface area contributed by atoms with Crippen molar-refractivity contribution < 1.29 is 4.74 Å². The van der Waals surface area contributed by atoms with Crippen LogP contribution >= 0.6 is 27.5 Å². The summed E-state index contributed by atoms with van der Waals surface area (Å²) in [4.78, 5) is 0. The van der Waals surface area contributed by atoms with E-state index in [1.54, 1.807) is 7.11 Å². The van der Waals surface area contributed by atoms with Crippen molar-refractivity contribution in [2.75, 3.05) is 13.7 Å². The Morgan fingerprint density at radius 2 is 1.90 bits per heavy atom. The molecular weight excluding hydrogens is 350 g/mol. The topological polar surface area (TPSA) is 21.3 Å². The normalized spacial score (nSPS) is 12.2. The van der Waals surface area contributed by atoms with E-state index >= 15 is 0 Å². The van der Waals surface area contributed by atoms with Gasteiger partial charge in [0.1, 0.15) is 5.75 Å². The highest BCUT2D eigenvalue weighted by molar-refractivity contribution is 9.10. The number of nitrogens with one attached hydrogen (secondary N) is 1. The van der Waals surface area contributed by atoms with Crippen molar-refractivity contribution in [3.05, 3.63) is 63.1 Å². The fourth-order valence-corrected chi connectivity index (χ4v) is 3.04. The molecule has 2 nitrogen and oxygen atoms in total. The molecule has 2 aromatic rings. The lowest BCUT2D eigenvalue weighted by Crippen LogP contribution is -2.22. The average molecular weight is 369 g/mol. The van der Waals surface area contributed by atoms with Crippen LogP contribution in [-0.2, 0) is 6.42 Å². The van der Waals surface area contributed by atoms with Crippen molar-refractivity contribution in [1.82, 2.24) is 5.32 Å². The van der Waals surface area contributed by atoms with Crippen molar-refractivity contribution in [3.8, 4) is 5.75 Å². The Hall–Kier alpha value is -1.03. The molecule has 2 rings (SSSR count). The number of hydrogen-bond donors (Lipinski definition) is 1. The third-order valence-electron chi connectivity index (χ3n) is 3.38. The number of halogens is 2. The highest BCUT2D eigenvalue weighted by Crippen LogP contribution is 2.28. The molecular formula is C17H19BrClNO. The van der Waals surface area contributed by atoms with Gasteiger partial charge in [0.05, 0.1) is 11.6 Å². The Labute approximate surface area is 139 Å². The van der Waals surface area contributed by atoms with Crippen LogP contribution in [-0.4, -0.2) is 13.7 Å². The number of hydrogen-bond acceptors (Lipinski definition) is 2. The molecule has 0 aromatic heterocycles. The molecule has 0 aliphatic heterocycles. The lowest BCUT2D eigenvalue weighted by Gasteiger charge is -2.19. The molecule has 0 radical (unpaired) electrons. The molecule has 0 fully saturated rings. The summed E-state index contributed by atoms with van der Waals surface area (Å²) in [7, 11) is 1.68. The Bertz CT molecular complexity index is 586. The number of ether oxygens (including phenoxy) is 1. The van der Waals surface area contributed by atoms with E-state index in [2.05, 4.69) is 52.4 Å². The Morgan fingerprint density at radius 1 is 1.19 bits per heavy atom. The predicted octanol–water partition coefficient (Wildman–Crippen LogP) is 5.00. The summed E-state index contributed by atoms with van der Waals surface area (Å²) < 4.78 is 6.25. The number of likely N-dealkylation sites (N-methyl/N-ethyl adjacent to an activating group) is 1. The van der Waals surface area contributed by atoms with Gasteiger partial charge in [-0.15, -0.1) is 0 Å². The molecule has 4 heteroatoms. The maximum absolute atomic E-state index is 5.97. The van der Waals surface area contributed by atoms with Crippen LogP contribution < -0.4 is 10.1 Å². The zero-order chi connectivity index (χ0) is 15.2. The van der Waals surface area contributed by atoms with Crippen molar-refractivity contribution in [2.45, 2.75) is 19.4 Å². The summed E-state index contributed by atoms with van der Waals surface area (Å²) in [5.41, 5.74) is 2.50. The van der Waals surface area contributed by atoms with Gasteiger partial charge in [-0.1, -0.05) is 36.7 Å². The van der Waals surface area contributed by atoms with Gasteiger partial charge in [0.25, 0.3) is 0 Å². The smallest absolute Gasteiger partial charge is 0.133 e. The molecule has 0 saturated heterocycles. The third kappa shape index (κ3) is 4.47. The van der Waals surface area contributed by atoms with Crippen LogP contribution in [0.1, 0.15) is 24.1 Å². The van der Waals surface area contributed by atoms with E-state index in [1.807, 2.05) is 18.2 Å². The fourth-order valence-electron chi connectivity index (χ4n) is 2.32. The Kier molecular flexibility index (Phi) is 6.09. The summed E-state index contributed by atoms with van der Waals surface area (Å²) in [6.45, 7) is 3.04. The number of methoxy groups -OCH3 is 1. The molecule has 0 aliphatic carbocycles. The van der Waals surface area contributed by atoms with Crippen LogP contribution in [0.5, 0.6) is 5.75 Å². The van der Waals surface area contributed by atoms with Gasteiger partial charge in [-0.3, -0.25) is 0 Å². The van der Waals surface area contributed by atoms with Gasteiger partial charge in [-0.05, 0) is 64.3 Å². The molecule has 0 bridgehead atoms. The minimum absolute atomic E-state index is 0.271. The summed E-state index contributed by atoms with van der Waals surface area (Å²) in [5, 5.41) is 4.29. The SMILES string of the molecule is CCNC(Cc1ccc(OC)c(Br)c1)c1ccc(Cl)cc1. The molecule has 112 valence electrons. The van der Waals surface area contributed by atoms with E-state index in [4.69, 9.17) is 16.3 Å². The Balaban J connectivity index is 2.19. The molecule has 0 spiro atoms. The van der Waals surface area contributed by atoms with E-state index < -0.39 is 0 Å². The van der Waals surface area contributed by atoms with Crippen molar-refractivity contribution in [3.63, 3.8) is 0 Å². The largest absolute Gasteiger partial charge is 0.496 e. The van der Waals surface area contributed by atoms with E-state index in [9.17, 15) is 0 Å². The van der Waals surface area contributed by atoms with Crippen molar-refractivity contribution >= 4 is 27.5 Å². The first kappa shape index (κ1) is 16.3. The van der Waals surface area contributed by atoms with Gasteiger partial charge in [-0.2, -0.15) is 0 Å². The molecule has 2 aromatic carbocycles. The lowest BCUT2D eigenvalue weighted by molar-refractivity contribution is 0.412. The fraction of sp³-hybridized carbons (Fsp3) is 0.294. The first-order chi connectivity index (χ1) is 10.1. The first-order valence-corrected chi connectivity index (χ1v) is 8.12. The summed E-state index contributed by atoms with van der Waals surface area (Å²) in [5.74, 6) is 0.852. The van der Waals surface area contributed by atoms with Crippen LogP contribution in [0, 0.1) is 0 Å². The average Bonchev–Trinajstić information content (AvgIpc) is 2.48. The molecule has 0 aliphatic rings. The minimum atomic E-state index is 0.271. The maximum atomic E-state index is 5.97. The van der Waals surface area contributed by atoms with E-state index in [-0.39, 0.29) is 6.04 Å². The monoisotopic (exact) mass is 367 g/mol. The van der Waals surface area contributed by atoms with E-state index in [0.29, 0.717) is 0 Å². The minimum Gasteiger partial charge on any atom is -0.496 e. The second-order valence-electron chi connectivity index (χ2n) is 4.83. The van der Waals surface area contributed by atoms with Crippen LogP contribution in [0.4, 0.5) is 0 Å². The summed E-state index contributed by atoms with van der Waals surface area (Å²) in [6, 6.07) is 14.5. The molecule has 0 amide bonds. The zero-order valence-corrected chi connectivity index (χ0v) is 14.5. The maximum Gasteiger partial charge on any atom is 0.133 e. The second-order valence-corrected chi connectivity index (χ2v) is 6.13. The van der Waals surface area contributed by atoms with Gasteiger partial charge >= 0.3 is 0 Å². The quantitative estimate of drug-likeness (QED) is 0.774. The molecule has 0 heterocycles. The third-order valence-corrected chi connectivity index (χ3v) is 4.25. The van der Waals surface area contributed by atoms with Gasteiger partial charge in [0, 0.05) is 11.1 Å². The number of benzene rings is 2. The van der Waals surface area contributed by atoms with Gasteiger partial charge in [0.2, 0.25) is 0 Å². The summed E-state index contributed by atoms with van der Waals surface area (Å²) in [6.07, 6.45) is 0.915. The Morgan fingerprint density at radius 3 is 2.48 bits per heavy atom. The van der Waals surface area contributed by atoms with Crippen LogP contribution in [0.15, 0.2) is 46.9 Å². The molecule has 1 unspecified atom stereocenters. The van der Waals surface area contributed by atoms with Crippen LogP contribution in [0.2, 0.25) is 5.02 Å². The van der Waals surface area contributed by atoms with Gasteiger partial charge < -0.3 is 10.1 Å². The van der Waals surface area contributed by atoms with Crippen LogP contribution in [0.25, 0.3) is 0 Å². The standard InChI is InChI=1S/C17H19BrClNO/c1-3-20-16(13-5-7-14(19)8-6-13)11-12-4-9-17(21-2)15(18)10-12/h4-10,16,20H,3,11H2,1-2H3. The van der Waals surface area contributed by atoms with Gasteiger partial charge in [-0.25, -0.2) is 0 Å². The zero-order valence-electron chi connectivity index (χ0n) is 12.2. The molecule has 1 N–H and O–H groups in total. The van der Waals surface area contributed by atoms with E-state index in [1.165, 1.54) is 11.1 Å². The molecule has 21 heavy (non-hydrogen) atoms. The van der Waals surface area contributed by atoms with Crippen LogP contribution in [0.3, 0.4) is 0 Å². The molecule has 0 saturated carbocycles. The first-order valence-electron chi connectivity index (χ1n) is 6.95. The lowest BCUT2D eigenvalue weighted by atomic mass is 9.99.